The topological polar surface area (TPSA) is 91.8 Å². The Bertz CT molecular complexity index is 1640. The lowest BCUT2D eigenvalue weighted by atomic mass is 9.67. The van der Waals surface area contributed by atoms with Crippen LogP contribution in [-0.4, -0.2) is 55.2 Å². The molecule has 1 heterocycles. The first-order chi connectivity index (χ1) is 21.8. The van der Waals surface area contributed by atoms with Gasteiger partial charge in [0.1, 0.15) is 4.75 Å². The Morgan fingerprint density at radius 1 is 0.936 bits per heavy atom. The van der Waals surface area contributed by atoms with Crippen molar-refractivity contribution in [1.82, 2.24) is 4.90 Å². The van der Waals surface area contributed by atoms with Gasteiger partial charge in [-0.25, -0.2) is 12.8 Å². The van der Waals surface area contributed by atoms with Crippen LogP contribution in [0.4, 0.5) is 30.7 Å². The molecule has 2 aromatic rings. The van der Waals surface area contributed by atoms with Crippen LogP contribution in [-0.2, 0) is 36.3 Å². The summed E-state index contributed by atoms with van der Waals surface area (Å²) in [5.74, 6) is -1.90. The quantitative estimate of drug-likeness (QED) is 0.228. The number of aryl methyl sites for hydroxylation is 1. The Morgan fingerprint density at radius 3 is 2.06 bits per heavy atom. The van der Waals surface area contributed by atoms with Crippen molar-refractivity contribution < 1.29 is 53.8 Å². The van der Waals surface area contributed by atoms with E-state index in [9.17, 15) is 49.5 Å². The maximum absolute atomic E-state index is 15.1. The fourth-order valence-electron chi connectivity index (χ4n) is 8.07. The van der Waals surface area contributed by atoms with Gasteiger partial charge in [-0.15, -0.1) is 0 Å². The molecule has 2 atom stereocenters. The van der Waals surface area contributed by atoms with Crippen LogP contribution in [0, 0.1) is 14.9 Å². The van der Waals surface area contributed by atoms with Gasteiger partial charge >= 0.3 is 24.0 Å². The van der Waals surface area contributed by atoms with Gasteiger partial charge < -0.3 is 10.0 Å². The van der Waals surface area contributed by atoms with Crippen molar-refractivity contribution in [1.29, 1.82) is 0 Å². The maximum Gasteiger partial charge on any atom is 0.435 e. The van der Waals surface area contributed by atoms with Crippen LogP contribution in [0.5, 0.6) is 0 Å². The number of hydrogen-bond donors (Lipinski definition) is 1. The summed E-state index contributed by atoms with van der Waals surface area (Å²) in [4.78, 5) is 27.5. The molecule has 1 aliphatic heterocycles. The van der Waals surface area contributed by atoms with E-state index in [1.807, 2.05) is 29.5 Å². The first kappa shape index (κ1) is 35.9. The fourth-order valence-corrected chi connectivity index (χ4v) is 10.8. The average Bonchev–Trinajstić information content (AvgIpc) is 3.41. The Labute approximate surface area is 281 Å². The van der Waals surface area contributed by atoms with E-state index in [0.717, 1.165) is 6.07 Å². The Morgan fingerprint density at radius 2 is 1.53 bits per heavy atom. The first-order valence-electron chi connectivity index (χ1n) is 15.3. The molecule has 2 aromatic carbocycles. The molecule has 0 unspecified atom stereocenters. The number of alkyl halides is 7. The zero-order chi connectivity index (χ0) is 34.8. The number of halogens is 8. The highest BCUT2D eigenvalue weighted by Gasteiger charge is 2.74. The molecule has 6 nitrogen and oxygen atoms in total. The Balaban J connectivity index is 1.66. The van der Waals surface area contributed by atoms with Gasteiger partial charge in [0.25, 0.3) is 0 Å². The number of carbonyl (C=O) groups excluding carboxylic acids is 1. The number of amides is 1. The first-order valence-corrected chi connectivity index (χ1v) is 17.8. The van der Waals surface area contributed by atoms with Gasteiger partial charge in [0, 0.05) is 21.1 Å². The molecular formula is C32H33F7INO5S. The predicted molar refractivity (Wildman–Crippen MR) is 165 cm³/mol. The molecule has 1 N–H and O–H groups in total. The van der Waals surface area contributed by atoms with Gasteiger partial charge in [-0.3, -0.25) is 9.59 Å². The van der Waals surface area contributed by atoms with Crippen LogP contribution in [0.15, 0.2) is 47.4 Å². The minimum absolute atomic E-state index is 0.0553. The second kappa shape index (κ2) is 12.2. The minimum atomic E-state index is -6.34. The number of nitrogens with zero attached hydrogens (tertiary/aromatic N) is 1. The predicted octanol–water partition coefficient (Wildman–Crippen LogP) is 7.86. The van der Waals surface area contributed by atoms with E-state index in [1.54, 1.807) is 12.1 Å². The van der Waals surface area contributed by atoms with Crippen molar-refractivity contribution in [2.75, 3.05) is 6.54 Å². The van der Waals surface area contributed by atoms with E-state index in [4.69, 9.17) is 0 Å². The largest absolute Gasteiger partial charge is 0.481 e. The molecule has 3 aliphatic rings. The van der Waals surface area contributed by atoms with E-state index >= 15 is 4.39 Å². The van der Waals surface area contributed by atoms with Crippen molar-refractivity contribution in [3.05, 3.63) is 62.7 Å². The zero-order valence-electron chi connectivity index (χ0n) is 25.2. The molecule has 0 bridgehead atoms. The number of aliphatic carboxylic acids is 1. The molecule has 5 rings (SSSR count). The van der Waals surface area contributed by atoms with E-state index in [1.165, 1.54) is 17.0 Å². The lowest BCUT2D eigenvalue weighted by Gasteiger charge is -2.46. The molecule has 47 heavy (non-hydrogen) atoms. The molecule has 0 aromatic heterocycles. The zero-order valence-corrected chi connectivity index (χ0v) is 28.2. The minimum Gasteiger partial charge on any atom is -0.481 e. The van der Waals surface area contributed by atoms with Crippen molar-refractivity contribution in [2.45, 2.75) is 98.4 Å². The van der Waals surface area contributed by atoms with Crippen LogP contribution in [0.25, 0.3) is 0 Å². The van der Waals surface area contributed by atoms with E-state index in [2.05, 4.69) is 0 Å². The lowest BCUT2D eigenvalue weighted by Crippen LogP contribution is -2.55. The van der Waals surface area contributed by atoms with E-state index in [0.29, 0.717) is 28.5 Å². The van der Waals surface area contributed by atoms with E-state index in [-0.39, 0.29) is 73.4 Å². The number of rotatable bonds is 7. The number of carbonyl (C=O) groups is 2. The molecule has 1 saturated carbocycles. The summed E-state index contributed by atoms with van der Waals surface area (Å²) in [6.07, 6.45) is -11.1. The summed E-state index contributed by atoms with van der Waals surface area (Å²) < 4.78 is 125. The van der Waals surface area contributed by atoms with Crippen LogP contribution in [0.3, 0.4) is 0 Å². The van der Waals surface area contributed by atoms with Gasteiger partial charge in [0.2, 0.25) is 5.91 Å². The van der Waals surface area contributed by atoms with Crippen LogP contribution in [0.1, 0.15) is 75.0 Å². The van der Waals surface area contributed by atoms with Crippen molar-refractivity contribution >= 4 is 44.3 Å². The molecule has 1 saturated heterocycles. The molecule has 1 amide bonds. The number of hydrogen-bond acceptors (Lipinski definition) is 4. The van der Waals surface area contributed by atoms with Crippen LogP contribution >= 0.6 is 22.6 Å². The standard InChI is InChI=1S/C32H33F7INO5S/c1-2-13-28(14-11-19(12-15-28)26(42)43)27(44)41-17-16-29(47(45,46)23-7-5-22(40)6-8-23)24-9-4-21(18-20(24)3-10-25(29)41)30(33,31(34,35)36)32(37,38)39/h4-9,18-19,25H,2-3,10-17H2,1H3,(H,42,43)/t19?,25-,28?,29-/m1/s1. The summed E-state index contributed by atoms with van der Waals surface area (Å²) >= 11 is 1.98. The molecule has 2 fully saturated rings. The normalized spacial score (nSPS) is 26.9. The molecular weight excluding hydrogens is 770 g/mol. The molecule has 0 spiro atoms. The van der Waals surface area contributed by atoms with Crippen molar-refractivity contribution in [3.63, 3.8) is 0 Å². The van der Waals surface area contributed by atoms with Crippen LogP contribution < -0.4 is 0 Å². The van der Waals surface area contributed by atoms with Gasteiger partial charge in [-0.2, -0.15) is 26.3 Å². The van der Waals surface area contributed by atoms with Crippen molar-refractivity contribution in [3.8, 4) is 0 Å². The summed E-state index contributed by atoms with van der Waals surface area (Å²) in [5, 5.41) is 9.53. The summed E-state index contributed by atoms with van der Waals surface area (Å²) in [6.45, 7) is 1.83. The summed E-state index contributed by atoms with van der Waals surface area (Å²) in [6, 6.07) is 6.46. The SMILES string of the molecule is CCCC1(C(=O)N2CC[C@@]3(S(=O)(=O)c4ccc(I)cc4)c4ccc(C(F)(C(F)(F)F)C(F)(F)F)cc4CC[C@@H]23)CCC(C(=O)O)CC1. The van der Waals surface area contributed by atoms with Crippen LogP contribution in [0.2, 0.25) is 0 Å². The fraction of sp³-hybridized carbons (Fsp3) is 0.562. The Kier molecular flexibility index (Phi) is 9.28. The van der Waals surface area contributed by atoms with Crippen molar-refractivity contribution in [2.24, 2.45) is 11.3 Å². The third-order valence-electron chi connectivity index (χ3n) is 10.4. The van der Waals surface area contributed by atoms with Gasteiger partial charge in [0.15, 0.2) is 9.84 Å². The van der Waals surface area contributed by atoms with Gasteiger partial charge in [-0.05, 0) is 109 Å². The highest BCUT2D eigenvalue weighted by molar-refractivity contribution is 14.1. The second-order valence-corrected chi connectivity index (χ2v) is 16.3. The number of carboxylic acid groups (broad SMARTS) is 1. The maximum atomic E-state index is 15.1. The number of benzene rings is 2. The smallest absolute Gasteiger partial charge is 0.435 e. The molecule has 0 radical (unpaired) electrons. The number of carboxylic acids is 1. The number of likely N-dealkylation sites (tertiary alicyclic amines) is 1. The van der Waals surface area contributed by atoms with Gasteiger partial charge in [-0.1, -0.05) is 31.5 Å². The third kappa shape index (κ3) is 5.54. The molecule has 2 aliphatic carbocycles. The molecule has 15 heteroatoms. The summed E-state index contributed by atoms with van der Waals surface area (Å²) in [5.41, 5.74) is -8.55. The summed E-state index contributed by atoms with van der Waals surface area (Å²) in [7, 11) is -4.46. The number of fused-ring (bicyclic) bond motifs is 3. The third-order valence-corrected chi connectivity index (χ3v) is 13.7. The van der Waals surface area contributed by atoms with E-state index < -0.39 is 61.5 Å². The average molecular weight is 804 g/mol. The number of sulfone groups is 1. The Hall–Kier alpha value is -2.43. The second-order valence-electron chi connectivity index (χ2n) is 12.8. The monoisotopic (exact) mass is 803 g/mol. The highest BCUT2D eigenvalue weighted by Crippen LogP contribution is 2.57. The lowest BCUT2D eigenvalue weighted by molar-refractivity contribution is -0.348. The van der Waals surface area contributed by atoms with Gasteiger partial charge in [0.05, 0.1) is 16.9 Å². The molecule has 258 valence electrons. The highest BCUT2D eigenvalue weighted by atomic mass is 127.